The molecule has 10 nitrogen and oxygen atoms in total. The number of fused-ring (bicyclic) bond motifs is 6. The maximum Gasteiger partial charge on any atom is 0.177 e. The lowest BCUT2D eigenvalue weighted by Gasteiger charge is -2.10. The molecule has 0 aliphatic carbocycles. The molecule has 0 aliphatic heterocycles. The fraction of sp³-hybridized carbons (Fsp3) is 0. The van der Waals surface area contributed by atoms with Crippen LogP contribution in [-0.4, -0.2) is 24.9 Å². The topological polar surface area (TPSA) is 183 Å². The minimum Gasteiger partial charge on any atom is -0.234 e. The van der Waals surface area contributed by atoms with Gasteiger partial charge in [0.2, 0.25) is 0 Å². The molecule has 0 N–H and O–H groups in total. The van der Waals surface area contributed by atoms with Gasteiger partial charge in [0.25, 0.3) is 0 Å². The lowest BCUT2D eigenvalue weighted by atomic mass is 10.1. The van der Waals surface area contributed by atoms with E-state index in [9.17, 15) is 26.3 Å². The van der Waals surface area contributed by atoms with E-state index in [1.54, 1.807) is 12.1 Å². The van der Waals surface area contributed by atoms with Crippen LogP contribution in [-0.2, 0) is 0 Å². The maximum absolute atomic E-state index is 9.37. The third-order valence-corrected chi connectivity index (χ3v) is 4.20. The predicted octanol–water partition coefficient (Wildman–Crippen LogP) is 1.46. The van der Waals surface area contributed by atoms with Crippen molar-refractivity contribution in [2.24, 2.45) is 0 Å². The van der Waals surface area contributed by atoms with Crippen LogP contribution < -0.4 is 0 Å². The average molecular weight is 382 g/mol. The summed E-state index contributed by atoms with van der Waals surface area (Å²) in [4.78, 5) is 21.1. The number of nitrogens with zero attached hydrogens (tertiary/aromatic N) is 10. The Morgan fingerprint density at radius 1 is 0.533 bits per heavy atom. The van der Waals surface area contributed by atoms with Gasteiger partial charge < -0.3 is 0 Å². The van der Waals surface area contributed by atoms with Gasteiger partial charge in [0, 0.05) is 5.39 Å². The van der Waals surface area contributed by atoms with Crippen LogP contribution in [0.25, 0.3) is 33.0 Å². The molecule has 4 aromatic rings. The molecular weight excluding hydrogens is 380 g/mol. The van der Waals surface area contributed by atoms with Gasteiger partial charge in [-0.25, -0.2) is 24.9 Å². The Hall–Kier alpha value is -5.68. The molecule has 0 amide bonds. The van der Waals surface area contributed by atoms with Crippen LogP contribution in [0.2, 0.25) is 0 Å². The summed E-state index contributed by atoms with van der Waals surface area (Å²) in [6.07, 6.45) is 5.44. The van der Waals surface area contributed by atoms with Gasteiger partial charge in [0.15, 0.2) is 22.8 Å². The van der Waals surface area contributed by atoms with Crippen LogP contribution in [0.15, 0.2) is 6.07 Å². The lowest BCUT2D eigenvalue weighted by molar-refractivity contribution is 1.18. The molecule has 1 aromatic carbocycles. The van der Waals surface area contributed by atoms with Crippen LogP contribution in [0.1, 0.15) is 34.0 Å². The molecule has 3 aromatic heterocycles. The molecule has 10 heteroatoms. The van der Waals surface area contributed by atoms with E-state index in [0.29, 0.717) is 0 Å². The first-order valence-corrected chi connectivity index (χ1v) is 7.97. The molecule has 0 saturated heterocycles. The van der Waals surface area contributed by atoms with Crippen LogP contribution in [0, 0.1) is 69.0 Å². The van der Waals surface area contributed by atoms with Crippen molar-refractivity contribution in [3.05, 3.63) is 40.1 Å². The highest BCUT2D eigenvalue weighted by molar-refractivity contribution is 6.19. The van der Waals surface area contributed by atoms with Gasteiger partial charge in [-0.3, -0.25) is 0 Å². The Morgan fingerprint density at radius 3 is 1.37 bits per heavy atom. The highest BCUT2D eigenvalue weighted by Crippen LogP contribution is 2.32. The second kappa shape index (κ2) is 6.49. The van der Waals surface area contributed by atoms with E-state index in [1.807, 2.05) is 18.2 Å². The number of hydrogen-bond donors (Lipinski definition) is 0. The minimum absolute atomic E-state index is 0.0128. The normalized spacial score (nSPS) is 9.80. The summed E-state index contributed by atoms with van der Waals surface area (Å²) in [5.41, 5.74) is -0.322. The van der Waals surface area contributed by atoms with Gasteiger partial charge in [-0.1, -0.05) is 0 Å². The SMILES string of the molecule is C#Cc1nc2c3cc(C#N)c(C#N)nc3c3nc(C#N)c(C#N)nc3c2nc1C#N. The van der Waals surface area contributed by atoms with Gasteiger partial charge in [-0.2, -0.15) is 26.3 Å². The van der Waals surface area contributed by atoms with Crippen LogP contribution in [0.5, 0.6) is 0 Å². The van der Waals surface area contributed by atoms with Gasteiger partial charge in [0.1, 0.15) is 63.6 Å². The predicted molar refractivity (Wildman–Crippen MR) is 99.4 cm³/mol. The molecule has 0 aliphatic rings. The van der Waals surface area contributed by atoms with Crippen molar-refractivity contribution in [2.75, 3.05) is 0 Å². The zero-order chi connectivity index (χ0) is 21.4. The summed E-state index contributed by atoms with van der Waals surface area (Å²) in [5, 5.41) is 47.0. The van der Waals surface area contributed by atoms with Gasteiger partial charge in [-0.05, 0) is 12.0 Å². The molecule has 0 spiro atoms. The number of nitriles is 5. The van der Waals surface area contributed by atoms with Crippen molar-refractivity contribution >= 4 is 33.0 Å². The van der Waals surface area contributed by atoms with E-state index in [0.717, 1.165) is 0 Å². The Bertz CT molecular complexity index is 1350. The van der Waals surface area contributed by atoms with Gasteiger partial charge >= 0.3 is 0 Å². The van der Waals surface area contributed by atoms with Crippen LogP contribution >= 0.6 is 0 Å². The average Bonchev–Trinajstić information content (AvgIpc) is 2.81. The minimum atomic E-state index is -0.249. The zero-order valence-corrected chi connectivity index (χ0v) is 14.6. The second-order valence-electron chi connectivity index (χ2n) is 5.72. The summed E-state index contributed by atoms with van der Waals surface area (Å²) in [6, 6.07) is 10.5. The van der Waals surface area contributed by atoms with E-state index in [2.05, 4.69) is 30.8 Å². The molecule has 4 rings (SSSR count). The van der Waals surface area contributed by atoms with E-state index < -0.39 is 0 Å². The molecule has 0 atom stereocenters. The number of pyridine rings is 1. The Kier molecular flexibility index (Phi) is 3.83. The van der Waals surface area contributed by atoms with E-state index in [1.165, 1.54) is 6.07 Å². The standard InChI is InChI=1S/C20H2N10/c1-2-11-13(6-23)28-18-16(26-11)10-3-9(4-21)12(5-22)27-17(10)19-20(18)30-15(8-25)14(7-24)29-19/h1,3H. The fourth-order valence-corrected chi connectivity index (χ4v) is 2.93. The number of rotatable bonds is 0. The lowest BCUT2D eigenvalue weighted by Crippen LogP contribution is -2.03. The largest absolute Gasteiger partial charge is 0.234 e. The van der Waals surface area contributed by atoms with Crippen molar-refractivity contribution < 1.29 is 0 Å². The first-order chi connectivity index (χ1) is 14.6. The molecule has 132 valence electrons. The molecule has 3 heterocycles. The molecule has 30 heavy (non-hydrogen) atoms. The zero-order valence-electron chi connectivity index (χ0n) is 14.6. The Labute approximate surface area is 167 Å². The number of terminal acetylenes is 1. The van der Waals surface area contributed by atoms with E-state index in [-0.39, 0.29) is 67.0 Å². The summed E-state index contributed by atoms with van der Waals surface area (Å²) in [5.74, 6) is 2.28. The molecular formula is C20H2N10. The molecule has 0 fully saturated rings. The smallest absolute Gasteiger partial charge is 0.177 e. The number of hydrogen-bond acceptors (Lipinski definition) is 10. The summed E-state index contributed by atoms with van der Waals surface area (Å²) in [7, 11) is 0. The Balaban J connectivity index is 2.42. The van der Waals surface area contributed by atoms with Crippen molar-refractivity contribution in [1.29, 1.82) is 26.3 Å². The molecule has 0 unspecified atom stereocenters. The van der Waals surface area contributed by atoms with Crippen molar-refractivity contribution in [3.63, 3.8) is 0 Å². The maximum atomic E-state index is 9.37. The third-order valence-electron chi connectivity index (χ3n) is 4.20. The van der Waals surface area contributed by atoms with E-state index in [4.69, 9.17) is 6.42 Å². The van der Waals surface area contributed by atoms with Crippen molar-refractivity contribution in [2.45, 2.75) is 0 Å². The highest BCUT2D eigenvalue weighted by atomic mass is 14.9. The highest BCUT2D eigenvalue weighted by Gasteiger charge is 2.21. The van der Waals surface area contributed by atoms with Gasteiger partial charge in [-0.15, -0.1) is 6.42 Å². The monoisotopic (exact) mass is 382 g/mol. The molecule has 0 bridgehead atoms. The Morgan fingerprint density at radius 2 is 0.933 bits per heavy atom. The second-order valence-corrected chi connectivity index (χ2v) is 5.72. The molecule has 0 radical (unpaired) electrons. The summed E-state index contributed by atoms with van der Waals surface area (Å²) < 4.78 is 0. The van der Waals surface area contributed by atoms with Gasteiger partial charge in [0.05, 0.1) is 5.56 Å². The fourth-order valence-electron chi connectivity index (χ4n) is 2.93. The van der Waals surface area contributed by atoms with Crippen LogP contribution in [0.3, 0.4) is 0 Å². The quantitative estimate of drug-likeness (QED) is 0.318. The van der Waals surface area contributed by atoms with E-state index >= 15 is 0 Å². The first kappa shape index (κ1) is 17.7. The summed E-state index contributed by atoms with van der Waals surface area (Å²) >= 11 is 0. The molecule has 0 saturated carbocycles. The number of aromatic nitrogens is 5. The van der Waals surface area contributed by atoms with Crippen LogP contribution in [0.4, 0.5) is 0 Å². The summed E-state index contributed by atoms with van der Waals surface area (Å²) in [6.45, 7) is 0. The van der Waals surface area contributed by atoms with Crippen molar-refractivity contribution in [3.8, 4) is 42.7 Å². The number of benzene rings is 1. The van der Waals surface area contributed by atoms with Crippen molar-refractivity contribution in [1.82, 2.24) is 24.9 Å². The third kappa shape index (κ3) is 2.31. The first-order valence-electron chi connectivity index (χ1n) is 7.97.